The second-order valence-corrected chi connectivity index (χ2v) is 5.88. The van der Waals surface area contributed by atoms with E-state index in [1.807, 2.05) is 30.3 Å². The molecular weight excluding hydrogens is 354 g/mol. The lowest BCUT2D eigenvalue weighted by molar-refractivity contribution is -0.143. The summed E-state index contributed by atoms with van der Waals surface area (Å²) in [6, 6.07) is 14.6. The minimum Gasteiger partial charge on any atom is -0.497 e. The average Bonchev–Trinajstić information content (AvgIpc) is 2.66. The number of carbonyl (C=O) groups excluding carboxylic acids is 2. The molecule has 0 saturated carbocycles. The molecule has 0 bridgehead atoms. The average molecular weight is 374 g/mol. The van der Waals surface area contributed by atoms with Crippen LogP contribution in [0.2, 0.25) is 5.02 Å². The Morgan fingerprint density at radius 1 is 1.15 bits per heavy atom. The quantitative estimate of drug-likeness (QED) is 0.569. The largest absolute Gasteiger partial charge is 0.497 e. The Hall–Kier alpha value is -2.79. The van der Waals surface area contributed by atoms with Gasteiger partial charge in [0, 0.05) is 17.6 Å². The fraction of sp³-hybridized carbons (Fsp3) is 0.200. The van der Waals surface area contributed by atoms with Crippen molar-refractivity contribution >= 4 is 29.6 Å². The molecule has 0 aliphatic heterocycles. The third-order valence-electron chi connectivity index (χ3n) is 3.50. The Morgan fingerprint density at radius 3 is 2.65 bits per heavy atom. The zero-order chi connectivity index (χ0) is 18.8. The summed E-state index contributed by atoms with van der Waals surface area (Å²) in [6.07, 6.45) is 3.55. The van der Waals surface area contributed by atoms with Gasteiger partial charge in [-0.3, -0.25) is 4.79 Å². The SMILES string of the molecule is COc1cccc(/C=C/C(=O)OCC(=O)NCCc2ccc(Cl)cc2)c1. The third kappa shape index (κ3) is 6.99. The van der Waals surface area contributed by atoms with E-state index >= 15 is 0 Å². The van der Waals surface area contributed by atoms with Gasteiger partial charge in [-0.05, 0) is 47.9 Å². The Bertz CT molecular complexity index is 772. The van der Waals surface area contributed by atoms with Gasteiger partial charge in [-0.15, -0.1) is 0 Å². The van der Waals surface area contributed by atoms with E-state index in [0.29, 0.717) is 23.7 Å². The molecule has 0 saturated heterocycles. The van der Waals surface area contributed by atoms with Crippen LogP contribution >= 0.6 is 11.6 Å². The maximum atomic E-state index is 11.7. The van der Waals surface area contributed by atoms with Crippen molar-refractivity contribution in [3.63, 3.8) is 0 Å². The van der Waals surface area contributed by atoms with E-state index in [2.05, 4.69) is 5.32 Å². The number of esters is 1. The standard InChI is InChI=1S/C20H20ClNO4/c1-25-18-4-2-3-16(13-18)7-10-20(24)26-14-19(23)22-12-11-15-5-8-17(21)9-6-15/h2-10,13H,11-12,14H2,1H3,(H,22,23)/b10-7+. The van der Waals surface area contributed by atoms with Crippen LogP contribution in [-0.4, -0.2) is 32.1 Å². The smallest absolute Gasteiger partial charge is 0.331 e. The molecule has 136 valence electrons. The van der Waals surface area contributed by atoms with Crippen molar-refractivity contribution in [2.45, 2.75) is 6.42 Å². The van der Waals surface area contributed by atoms with Crippen LogP contribution in [0.25, 0.3) is 6.08 Å². The van der Waals surface area contributed by atoms with Crippen molar-refractivity contribution in [2.24, 2.45) is 0 Å². The highest BCUT2D eigenvalue weighted by atomic mass is 35.5. The van der Waals surface area contributed by atoms with Crippen LogP contribution < -0.4 is 10.1 Å². The molecule has 0 spiro atoms. The van der Waals surface area contributed by atoms with Crippen LogP contribution in [-0.2, 0) is 20.7 Å². The second-order valence-electron chi connectivity index (χ2n) is 5.44. The number of rotatable bonds is 8. The number of halogens is 1. The predicted octanol–water partition coefficient (Wildman–Crippen LogP) is 3.26. The molecule has 0 aliphatic rings. The lowest BCUT2D eigenvalue weighted by Gasteiger charge is -2.06. The Morgan fingerprint density at radius 2 is 1.92 bits per heavy atom. The van der Waals surface area contributed by atoms with Gasteiger partial charge in [0.2, 0.25) is 0 Å². The second kappa shape index (κ2) is 10.3. The molecule has 26 heavy (non-hydrogen) atoms. The molecule has 0 unspecified atom stereocenters. The zero-order valence-electron chi connectivity index (χ0n) is 14.4. The first kappa shape index (κ1) is 19.5. The van der Waals surface area contributed by atoms with E-state index in [0.717, 1.165) is 11.1 Å². The highest BCUT2D eigenvalue weighted by Crippen LogP contribution is 2.13. The number of benzene rings is 2. The maximum Gasteiger partial charge on any atom is 0.331 e. The van der Waals surface area contributed by atoms with Gasteiger partial charge in [0.05, 0.1) is 7.11 Å². The normalized spacial score (nSPS) is 10.5. The summed E-state index contributed by atoms with van der Waals surface area (Å²) in [5, 5.41) is 3.37. The van der Waals surface area contributed by atoms with Crippen LogP contribution in [0.5, 0.6) is 5.75 Å². The van der Waals surface area contributed by atoms with Crippen molar-refractivity contribution in [2.75, 3.05) is 20.3 Å². The number of carbonyl (C=O) groups is 2. The van der Waals surface area contributed by atoms with Gasteiger partial charge in [-0.1, -0.05) is 35.9 Å². The van der Waals surface area contributed by atoms with Crippen molar-refractivity contribution in [1.29, 1.82) is 0 Å². The van der Waals surface area contributed by atoms with Crippen molar-refractivity contribution < 1.29 is 19.1 Å². The number of nitrogens with one attached hydrogen (secondary N) is 1. The summed E-state index contributed by atoms with van der Waals surface area (Å²) in [7, 11) is 1.57. The zero-order valence-corrected chi connectivity index (χ0v) is 15.2. The summed E-state index contributed by atoms with van der Waals surface area (Å²) in [5.74, 6) is -0.233. The molecule has 1 amide bonds. The molecule has 0 fully saturated rings. The Labute approximate surface area is 157 Å². The molecule has 0 heterocycles. The number of methoxy groups -OCH3 is 1. The van der Waals surface area contributed by atoms with Crippen LogP contribution in [0, 0.1) is 0 Å². The van der Waals surface area contributed by atoms with Gasteiger partial charge in [0.1, 0.15) is 5.75 Å². The van der Waals surface area contributed by atoms with Crippen molar-refractivity contribution in [3.05, 3.63) is 70.8 Å². The van der Waals surface area contributed by atoms with E-state index in [4.69, 9.17) is 21.1 Å². The lowest BCUT2D eigenvalue weighted by atomic mass is 10.1. The van der Waals surface area contributed by atoms with E-state index < -0.39 is 5.97 Å². The topological polar surface area (TPSA) is 64.6 Å². The first-order chi connectivity index (χ1) is 12.6. The van der Waals surface area contributed by atoms with Gasteiger partial charge < -0.3 is 14.8 Å². The summed E-state index contributed by atoms with van der Waals surface area (Å²) >= 11 is 5.82. The molecule has 6 heteroatoms. The molecule has 5 nitrogen and oxygen atoms in total. The van der Waals surface area contributed by atoms with E-state index in [1.54, 1.807) is 31.4 Å². The number of amides is 1. The monoisotopic (exact) mass is 373 g/mol. The van der Waals surface area contributed by atoms with Crippen molar-refractivity contribution in [3.8, 4) is 5.75 Å². The van der Waals surface area contributed by atoms with Crippen LogP contribution in [0.3, 0.4) is 0 Å². The van der Waals surface area contributed by atoms with Crippen LogP contribution in [0.4, 0.5) is 0 Å². The molecule has 2 rings (SSSR count). The van der Waals surface area contributed by atoms with Crippen molar-refractivity contribution in [1.82, 2.24) is 5.32 Å². The molecule has 2 aromatic rings. The summed E-state index contributed by atoms with van der Waals surface area (Å²) in [4.78, 5) is 23.4. The predicted molar refractivity (Wildman–Crippen MR) is 101 cm³/mol. The lowest BCUT2D eigenvalue weighted by Crippen LogP contribution is -2.30. The van der Waals surface area contributed by atoms with E-state index in [9.17, 15) is 9.59 Å². The number of ether oxygens (including phenoxy) is 2. The Kier molecular flexibility index (Phi) is 7.71. The van der Waals surface area contributed by atoms with Gasteiger partial charge in [-0.25, -0.2) is 4.79 Å². The fourth-order valence-corrected chi connectivity index (χ4v) is 2.27. The van der Waals surface area contributed by atoms with Crippen LogP contribution in [0.1, 0.15) is 11.1 Å². The minimum atomic E-state index is -0.583. The summed E-state index contributed by atoms with van der Waals surface area (Å²) < 4.78 is 10.0. The molecular formula is C20H20ClNO4. The molecule has 2 aromatic carbocycles. The van der Waals surface area contributed by atoms with E-state index in [1.165, 1.54) is 6.08 Å². The third-order valence-corrected chi connectivity index (χ3v) is 3.75. The van der Waals surface area contributed by atoms with E-state index in [-0.39, 0.29) is 12.5 Å². The summed E-state index contributed by atoms with van der Waals surface area (Å²) in [6.45, 7) is 0.138. The van der Waals surface area contributed by atoms with Crippen LogP contribution in [0.15, 0.2) is 54.6 Å². The van der Waals surface area contributed by atoms with Gasteiger partial charge >= 0.3 is 5.97 Å². The minimum absolute atomic E-state index is 0.318. The van der Waals surface area contributed by atoms with Gasteiger partial charge in [0.15, 0.2) is 6.61 Å². The molecule has 0 aromatic heterocycles. The summed E-state index contributed by atoms with van der Waals surface area (Å²) in [5.41, 5.74) is 1.86. The first-order valence-electron chi connectivity index (χ1n) is 8.07. The fourth-order valence-electron chi connectivity index (χ4n) is 2.14. The highest BCUT2D eigenvalue weighted by Gasteiger charge is 2.05. The molecule has 1 N–H and O–H groups in total. The van der Waals surface area contributed by atoms with Gasteiger partial charge in [0.25, 0.3) is 5.91 Å². The highest BCUT2D eigenvalue weighted by molar-refractivity contribution is 6.30. The number of hydrogen-bond acceptors (Lipinski definition) is 4. The Balaban J connectivity index is 1.68. The first-order valence-corrected chi connectivity index (χ1v) is 8.44. The maximum absolute atomic E-state index is 11.7. The number of hydrogen-bond donors (Lipinski definition) is 1. The van der Waals surface area contributed by atoms with Gasteiger partial charge in [-0.2, -0.15) is 0 Å². The molecule has 0 atom stereocenters. The molecule has 0 radical (unpaired) electrons. The molecule has 0 aliphatic carbocycles.